The molecule has 0 aromatic rings. The van der Waals surface area contributed by atoms with E-state index in [1.165, 1.54) is 0 Å². The Labute approximate surface area is 72.7 Å². The fourth-order valence-electron chi connectivity index (χ4n) is 0. The third-order valence-electron chi connectivity index (χ3n) is 0. The van der Waals surface area contributed by atoms with Crippen molar-refractivity contribution in [1.29, 1.82) is 0 Å². The largest absolute Gasteiger partial charge is 5.00 e. The normalized spacial score (nSPS) is 8.57. The Morgan fingerprint density at radius 1 is 0.857 bits per heavy atom. The summed E-state index contributed by atoms with van der Waals surface area (Å²) in [6.07, 6.45) is 0. The van der Waals surface area contributed by atoms with Gasteiger partial charge in [0.15, 0.2) is 0 Å². The number of hydrogen-bond donors (Lipinski definition) is 0. The monoisotopic (exact) mass is 233 g/mol. The molecule has 0 atom stereocenters. The van der Waals surface area contributed by atoms with Crippen LogP contribution in [0.25, 0.3) is 0 Å². The summed E-state index contributed by atoms with van der Waals surface area (Å²) < 4.78 is 0. The molecule has 4 nitrogen and oxygen atoms in total. The minimum Gasteiger partial charge on any atom is -0.894 e. The van der Waals surface area contributed by atoms with Gasteiger partial charge in [0.25, 0.3) is 0 Å². The first-order valence-electron chi connectivity index (χ1n) is 0.816. The van der Waals surface area contributed by atoms with E-state index >= 15 is 0 Å². The molecule has 0 heterocycles. The molecule has 0 aromatic heterocycles. The van der Waals surface area contributed by atoms with Crippen LogP contribution in [0.1, 0.15) is 0 Å². The van der Waals surface area contributed by atoms with E-state index in [1.54, 1.807) is 0 Å². The fourth-order valence-corrected chi connectivity index (χ4v) is 0. The maximum atomic E-state index is 8.58. The van der Waals surface area contributed by atoms with Crippen molar-refractivity contribution in [2.24, 2.45) is 0 Å². The second kappa shape index (κ2) is 5.66. The Kier molecular flexibility index (Phi) is 12.8. The summed E-state index contributed by atoms with van der Waals surface area (Å²) in [7, 11) is -5.61. The van der Waals surface area contributed by atoms with Crippen molar-refractivity contribution in [1.82, 2.24) is 0 Å². The molecule has 0 spiro atoms. The van der Waals surface area contributed by atoms with Gasteiger partial charge in [-0.15, -0.1) is 0 Å². The Morgan fingerprint density at radius 3 is 0.857 bits per heavy atom. The van der Waals surface area contributed by atoms with Crippen LogP contribution in [0.3, 0.4) is 0 Å². The summed E-state index contributed by atoms with van der Waals surface area (Å²) in [6, 6.07) is 0. The maximum Gasteiger partial charge on any atom is 5.00 e. The van der Waals surface area contributed by atoms with E-state index in [9.17, 15) is 0 Å². The average Bonchev–Trinajstić information content (AvgIpc) is 0.722. The van der Waals surface area contributed by atoms with Gasteiger partial charge in [0.1, 0.15) is 0 Å². The van der Waals surface area contributed by atoms with Crippen molar-refractivity contribution in [3.8, 4) is 0 Å². The SMILES string of the molecule is [O-][Si]([O-])([O-])[O-].[V+5].[Zr+4]. The van der Waals surface area contributed by atoms with Gasteiger partial charge < -0.3 is 28.2 Å². The third kappa shape index (κ3) is 98.8. The van der Waals surface area contributed by atoms with Crippen LogP contribution in [-0.2, 0) is 44.8 Å². The smallest absolute Gasteiger partial charge is 0.894 e. The first-order valence-corrected chi connectivity index (χ1v) is 2.45. The number of hydrogen-bond acceptors (Lipinski definition) is 4. The predicted octanol–water partition coefficient (Wildman–Crippen LogP) is -5.14. The van der Waals surface area contributed by atoms with Gasteiger partial charge in [0.05, 0.1) is 0 Å². The van der Waals surface area contributed by atoms with Crippen LogP contribution in [0, 0.1) is 0 Å². The van der Waals surface area contributed by atoms with Gasteiger partial charge in [-0.3, -0.25) is 0 Å². The van der Waals surface area contributed by atoms with Crippen LogP contribution < -0.4 is 19.2 Å². The van der Waals surface area contributed by atoms with Gasteiger partial charge in [-0.05, 0) is 0 Å². The van der Waals surface area contributed by atoms with Crippen LogP contribution in [0.4, 0.5) is 0 Å². The van der Waals surface area contributed by atoms with Crippen LogP contribution >= 0.6 is 0 Å². The summed E-state index contributed by atoms with van der Waals surface area (Å²) in [5, 5.41) is 0. The van der Waals surface area contributed by atoms with E-state index in [0.29, 0.717) is 0 Å². The molecular formula is O4SiVZr+5. The molecule has 32 valence electrons. The quantitative estimate of drug-likeness (QED) is 0.392. The van der Waals surface area contributed by atoms with Crippen LogP contribution in [0.5, 0.6) is 0 Å². The molecule has 7 heavy (non-hydrogen) atoms. The van der Waals surface area contributed by atoms with Gasteiger partial charge in [0.2, 0.25) is 0 Å². The molecule has 0 bridgehead atoms. The molecule has 0 amide bonds. The van der Waals surface area contributed by atoms with Crippen LogP contribution in [-0.4, -0.2) is 9.05 Å². The van der Waals surface area contributed by atoms with Crippen molar-refractivity contribution >= 4 is 9.05 Å². The van der Waals surface area contributed by atoms with Gasteiger partial charge in [0, 0.05) is 0 Å². The Bertz CT molecular complexity index is 27.2. The molecule has 0 aliphatic carbocycles. The van der Waals surface area contributed by atoms with Crippen molar-refractivity contribution < 1.29 is 63.9 Å². The zero-order valence-corrected chi connectivity index (χ0v) is 7.93. The Morgan fingerprint density at radius 2 is 0.857 bits per heavy atom. The van der Waals surface area contributed by atoms with E-state index in [0.717, 1.165) is 0 Å². The zero-order chi connectivity index (χ0) is 4.50. The zero-order valence-electron chi connectivity index (χ0n) is 3.08. The van der Waals surface area contributed by atoms with E-state index in [1.807, 2.05) is 0 Å². The van der Waals surface area contributed by atoms with Gasteiger partial charge in [-0.25, -0.2) is 0 Å². The van der Waals surface area contributed by atoms with Crippen molar-refractivity contribution in [2.75, 3.05) is 0 Å². The standard InChI is InChI=1S/O4Si.V.Zr/c1-5(2,3)4;;/q-4;+5;+4. The summed E-state index contributed by atoms with van der Waals surface area (Å²) in [5.74, 6) is 0. The average molecular weight is 234 g/mol. The number of rotatable bonds is 0. The van der Waals surface area contributed by atoms with Crippen LogP contribution in [0.2, 0.25) is 0 Å². The van der Waals surface area contributed by atoms with Gasteiger partial charge in [-0.2, -0.15) is 0 Å². The third-order valence-corrected chi connectivity index (χ3v) is 0. The van der Waals surface area contributed by atoms with Gasteiger partial charge in [-0.1, -0.05) is 0 Å². The molecule has 0 aromatic carbocycles. The molecule has 0 unspecified atom stereocenters. The summed E-state index contributed by atoms with van der Waals surface area (Å²) in [5.41, 5.74) is 0. The van der Waals surface area contributed by atoms with E-state index in [2.05, 4.69) is 0 Å². The minimum atomic E-state index is -5.61. The summed E-state index contributed by atoms with van der Waals surface area (Å²) >= 11 is 0. The molecule has 0 aliphatic rings. The molecule has 0 N–H and O–H groups in total. The Hall–Kier alpha value is 1.52. The summed E-state index contributed by atoms with van der Waals surface area (Å²) in [6.45, 7) is 0. The molecule has 7 heteroatoms. The summed E-state index contributed by atoms with van der Waals surface area (Å²) in [4.78, 5) is 34.3. The van der Waals surface area contributed by atoms with Crippen LogP contribution in [0.15, 0.2) is 0 Å². The maximum absolute atomic E-state index is 8.58. The molecule has 0 aliphatic heterocycles. The van der Waals surface area contributed by atoms with E-state index in [-0.39, 0.29) is 44.8 Å². The molecule has 0 fully saturated rings. The van der Waals surface area contributed by atoms with Crippen molar-refractivity contribution in [3.05, 3.63) is 0 Å². The second-order valence-electron chi connectivity index (χ2n) is 0.500. The predicted molar refractivity (Wildman–Crippen MR) is 5.75 cm³/mol. The van der Waals surface area contributed by atoms with E-state index < -0.39 is 9.05 Å². The molecular weight excluding hydrogens is 234 g/mol. The van der Waals surface area contributed by atoms with Crippen molar-refractivity contribution in [2.45, 2.75) is 0 Å². The van der Waals surface area contributed by atoms with Gasteiger partial charge >= 0.3 is 44.8 Å². The first kappa shape index (κ1) is 15.8. The van der Waals surface area contributed by atoms with E-state index in [4.69, 9.17) is 19.2 Å². The molecule has 0 radical (unpaired) electrons. The molecule has 0 saturated heterocycles. The molecule has 0 saturated carbocycles. The Balaban J connectivity index is -0.0000000800. The topological polar surface area (TPSA) is 92.2 Å². The fraction of sp³-hybridized carbons (Fsp3) is 0. The minimum absolute atomic E-state index is 0. The first-order chi connectivity index (χ1) is 2.00. The van der Waals surface area contributed by atoms with Crippen molar-refractivity contribution in [3.63, 3.8) is 0 Å². The molecule has 0 rings (SSSR count). The second-order valence-corrected chi connectivity index (χ2v) is 1.50.